The number of hydrogen-bond donors (Lipinski definition) is 0. The van der Waals surface area contributed by atoms with Crippen LogP contribution in [0.25, 0.3) is 0 Å². The number of fused-ring (bicyclic) bond motifs is 1. The molecule has 3 aromatic carbocycles. The highest BCUT2D eigenvalue weighted by Crippen LogP contribution is 2.25. The van der Waals surface area contributed by atoms with E-state index in [2.05, 4.69) is 0 Å². The van der Waals surface area contributed by atoms with E-state index in [1.54, 1.807) is 84.8 Å². The van der Waals surface area contributed by atoms with Crippen LogP contribution in [0.5, 0.6) is 5.75 Å². The minimum absolute atomic E-state index is 0.0854. The average Bonchev–Trinajstić information content (AvgIpc) is 3.04. The maximum Gasteiger partial charge on any atom is 0.261 e. The molecular formula is C24H20N2O4. The minimum atomic E-state index is -0.339. The van der Waals surface area contributed by atoms with Crippen molar-refractivity contribution >= 4 is 23.4 Å². The predicted octanol–water partition coefficient (Wildman–Crippen LogP) is 3.64. The number of methoxy groups -OCH3 is 1. The fourth-order valence-corrected chi connectivity index (χ4v) is 3.51. The van der Waals surface area contributed by atoms with Crippen molar-refractivity contribution in [2.24, 2.45) is 0 Å². The maximum atomic E-state index is 13.2. The molecule has 150 valence electrons. The number of carbonyl (C=O) groups is 3. The van der Waals surface area contributed by atoms with Crippen LogP contribution in [0.2, 0.25) is 0 Å². The molecule has 1 aliphatic rings. The van der Waals surface area contributed by atoms with Crippen molar-refractivity contribution in [3.63, 3.8) is 0 Å². The van der Waals surface area contributed by atoms with Crippen LogP contribution in [0, 0.1) is 0 Å². The number of imide groups is 1. The number of rotatable bonds is 6. The first kappa shape index (κ1) is 19.4. The van der Waals surface area contributed by atoms with Crippen molar-refractivity contribution in [3.8, 4) is 5.75 Å². The van der Waals surface area contributed by atoms with Crippen molar-refractivity contribution in [3.05, 3.63) is 95.6 Å². The summed E-state index contributed by atoms with van der Waals surface area (Å²) in [6.45, 7) is 0.245. The second-order valence-corrected chi connectivity index (χ2v) is 6.83. The molecule has 6 nitrogen and oxygen atoms in total. The van der Waals surface area contributed by atoms with E-state index in [4.69, 9.17) is 4.74 Å². The van der Waals surface area contributed by atoms with Gasteiger partial charge in [0.25, 0.3) is 17.7 Å². The smallest absolute Gasteiger partial charge is 0.261 e. The van der Waals surface area contributed by atoms with Gasteiger partial charge in [-0.15, -0.1) is 0 Å². The van der Waals surface area contributed by atoms with Crippen LogP contribution in [-0.4, -0.2) is 42.8 Å². The Bertz CT molecular complexity index is 1080. The molecule has 0 atom stereocenters. The number of hydrogen-bond acceptors (Lipinski definition) is 4. The lowest BCUT2D eigenvalue weighted by atomic mass is 10.1. The summed E-state index contributed by atoms with van der Waals surface area (Å²) < 4.78 is 5.29. The first-order chi connectivity index (χ1) is 14.6. The normalized spacial score (nSPS) is 12.6. The predicted molar refractivity (Wildman–Crippen MR) is 113 cm³/mol. The van der Waals surface area contributed by atoms with Gasteiger partial charge in [-0.25, -0.2) is 0 Å². The van der Waals surface area contributed by atoms with Crippen LogP contribution >= 0.6 is 0 Å². The van der Waals surface area contributed by atoms with E-state index in [0.29, 0.717) is 28.1 Å². The van der Waals surface area contributed by atoms with Gasteiger partial charge in [-0.3, -0.25) is 19.3 Å². The van der Waals surface area contributed by atoms with E-state index in [1.807, 2.05) is 6.07 Å². The summed E-state index contributed by atoms with van der Waals surface area (Å²) in [4.78, 5) is 41.3. The highest BCUT2D eigenvalue weighted by atomic mass is 16.5. The summed E-state index contributed by atoms with van der Waals surface area (Å²) in [6, 6.07) is 22.8. The monoisotopic (exact) mass is 400 g/mol. The lowest BCUT2D eigenvalue weighted by Gasteiger charge is -2.25. The third-order valence-corrected chi connectivity index (χ3v) is 5.06. The molecule has 0 unspecified atom stereocenters. The molecule has 0 radical (unpaired) electrons. The zero-order chi connectivity index (χ0) is 21.1. The van der Waals surface area contributed by atoms with Crippen LogP contribution in [0.1, 0.15) is 31.1 Å². The number of benzene rings is 3. The molecule has 0 saturated carbocycles. The van der Waals surface area contributed by atoms with Crippen LogP contribution in [0.4, 0.5) is 5.69 Å². The molecule has 0 spiro atoms. The molecule has 0 bridgehead atoms. The van der Waals surface area contributed by atoms with E-state index in [1.165, 1.54) is 4.90 Å². The molecular weight excluding hydrogens is 380 g/mol. The number of carbonyl (C=O) groups excluding carboxylic acids is 3. The summed E-state index contributed by atoms with van der Waals surface area (Å²) in [7, 11) is 1.56. The minimum Gasteiger partial charge on any atom is -0.497 e. The van der Waals surface area contributed by atoms with Crippen LogP contribution in [0.15, 0.2) is 78.9 Å². The summed E-state index contributed by atoms with van der Waals surface area (Å²) in [5.41, 5.74) is 1.93. The van der Waals surface area contributed by atoms with Crippen molar-refractivity contribution in [2.45, 2.75) is 0 Å². The Morgan fingerprint density at radius 3 is 2.13 bits per heavy atom. The quantitative estimate of drug-likeness (QED) is 0.593. The lowest BCUT2D eigenvalue weighted by molar-refractivity contribution is 0.0654. The second-order valence-electron chi connectivity index (χ2n) is 6.83. The first-order valence-electron chi connectivity index (χ1n) is 9.56. The van der Waals surface area contributed by atoms with Gasteiger partial charge in [0.1, 0.15) is 5.75 Å². The third-order valence-electron chi connectivity index (χ3n) is 5.06. The Morgan fingerprint density at radius 1 is 0.867 bits per heavy atom. The molecule has 6 heteroatoms. The Labute approximate surface area is 174 Å². The molecule has 1 heterocycles. The van der Waals surface area contributed by atoms with Gasteiger partial charge in [0.2, 0.25) is 0 Å². The van der Waals surface area contributed by atoms with E-state index in [-0.39, 0.29) is 30.8 Å². The molecule has 0 saturated heterocycles. The molecule has 3 amide bonds. The number of anilines is 1. The van der Waals surface area contributed by atoms with Crippen LogP contribution < -0.4 is 9.64 Å². The average molecular weight is 400 g/mol. The Balaban J connectivity index is 1.61. The molecule has 1 aliphatic heterocycles. The molecule has 0 fully saturated rings. The van der Waals surface area contributed by atoms with Gasteiger partial charge in [0.15, 0.2) is 0 Å². The second kappa shape index (κ2) is 8.21. The van der Waals surface area contributed by atoms with E-state index >= 15 is 0 Å². The third kappa shape index (κ3) is 3.55. The van der Waals surface area contributed by atoms with Crippen molar-refractivity contribution in [1.82, 2.24) is 4.90 Å². The Morgan fingerprint density at radius 2 is 1.50 bits per heavy atom. The fourth-order valence-electron chi connectivity index (χ4n) is 3.51. The Kier molecular flexibility index (Phi) is 5.30. The summed E-state index contributed by atoms with van der Waals surface area (Å²) in [5, 5.41) is 0. The van der Waals surface area contributed by atoms with Gasteiger partial charge in [0.05, 0.1) is 18.2 Å². The maximum absolute atomic E-state index is 13.2. The fraction of sp³-hybridized carbons (Fsp3) is 0.125. The highest BCUT2D eigenvalue weighted by molar-refractivity contribution is 6.21. The van der Waals surface area contributed by atoms with E-state index < -0.39 is 0 Å². The van der Waals surface area contributed by atoms with Crippen LogP contribution in [0.3, 0.4) is 0 Å². The lowest BCUT2D eigenvalue weighted by Crippen LogP contribution is -2.41. The van der Waals surface area contributed by atoms with Gasteiger partial charge in [-0.2, -0.15) is 0 Å². The molecule has 0 aromatic heterocycles. The standard InChI is InChI=1S/C24H20N2O4/c1-30-19-11-7-10-18(16-19)25(22(27)17-8-3-2-4-9-17)14-15-26-23(28)20-12-5-6-13-21(20)24(26)29/h2-13,16H,14-15H2,1H3. The topological polar surface area (TPSA) is 66.9 Å². The molecule has 30 heavy (non-hydrogen) atoms. The molecule has 4 rings (SSSR count). The number of amides is 3. The van der Waals surface area contributed by atoms with Gasteiger partial charge in [-0.05, 0) is 36.4 Å². The summed E-state index contributed by atoms with van der Waals surface area (Å²) >= 11 is 0. The van der Waals surface area contributed by atoms with Crippen LogP contribution in [-0.2, 0) is 0 Å². The number of nitrogens with zero attached hydrogens (tertiary/aromatic N) is 2. The van der Waals surface area contributed by atoms with Gasteiger partial charge < -0.3 is 9.64 Å². The van der Waals surface area contributed by atoms with Crippen molar-refractivity contribution < 1.29 is 19.1 Å². The van der Waals surface area contributed by atoms with E-state index in [0.717, 1.165) is 0 Å². The zero-order valence-corrected chi connectivity index (χ0v) is 16.4. The van der Waals surface area contributed by atoms with Gasteiger partial charge in [0, 0.05) is 30.4 Å². The van der Waals surface area contributed by atoms with Gasteiger partial charge in [-0.1, -0.05) is 36.4 Å². The molecule has 3 aromatic rings. The largest absolute Gasteiger partial charge is 0.497 e. The van der Waals surface area contributed by atoms with Gasteiger partial charge >= 0.3 is 0 Å². The summed E-state index contributed by atoms with van der Waals surface area (Å²) in [5.74, 6) is -0.291. The molecule has 0 aliphatic carbocycles. The summed E-state index contributed by atoms with van der Waals surface area (Å²) in [6.07, 6.45) is 0. The number of ether oxygens (including phenoxy) is 1. The first-order valence-corrected chi connectivity index (χ1v) is 9.56. The molecule has 0 N–H and O–H groups in total. The van der Waals surface area contributed by atoms with E-state index in [9.17, 15) is 14.4 Å². The van der Waals surface area contributed by atoms with Crippen molar-refractivity contribution in [2.75, 3.05) is 25.1 Å². The van der Waals surface area contributed by atoms with Crippen molar-refractivity contribution in [1.29, 1.82) is 0 Å². The highest BCUT2D eigenvalue weighted by Gasteiger charge is 2.35. The SMILES string of the molecule is COc1cccc(N(CCN2C(=O)c3ccccc3C2=O)C(=O)c2ccccc2)c1. The zero-order valence-electron chi connectivity index (χ0n) is 16.4. The Hall–Kier alpha value is -3.93.